The summed E-state index contributed by atoms with van der Waals surface area (Å²) in [7, 11) is 0. The first-order chi connectivity index (χ1) is 5.54. The number of carbonyl (C=O) groups is 1. The summed E-state index contributed by atoms with van der Waals surface area (Å²) in [4.78, 5) is 11.3. The van der Waals surface area contributed by atoms with Crippen LogP contribution >= 0.6 is 11.6 Å². The van der Waals surface area contributed by atoms with Crippen LogP contribution in [0.2, 0.25) is 0 Å². The molecule has 0 unspecified atom stereocenters. The van der Waals surface area contributed by atoms with Crippen LogP contribution in [0, 0.1) is 17.8 Å². The summed E-state index contributed by atoms with van der Waals surface area (Å²) in [5.41, 5.74) is 0. The minimum atomic E-state index is 0.0613. The normalized spacial score (nSPS) is 37.4. The van der Waals surface area contributed by atoms with E-state index in [2.05, 4.69) is 13.8 Å². The van der Waals surface area contributed by atoms with Gasteiger partial charge in [0.15, 0.2) is 0 Å². The number of halogens is 1. The molecule has 0 amide bonds. The van der Waals surface area contributed by atoms with E-state index in [0.717, 1.165) is 12.8 Å². The molecule has 1 saturated carbocycles. The van der Waals surface area contributed by atoms with Gasteiger partial charge in [0, 0.05) is 17.7 Å². The summed E-state index contributed by atoms with van der Waals surface area (Å²) in [6.45, 7) is 6.32. The van der Waals surface area contributed by atoms with E-state index in [1.54, 1.807) is 0 Å². The van der Waals surface area contributed by atoms with Crippen molar-refractivity contribution in [3.8, 4) is 0 Å². The molecule has 1 aliphatic carbocycles. The van der Waals surface area contributed by atoms with Crippen molar-refractivity contribution in [2.45, 2.75) is 39.0 Å². The molecule has 0 N–H and O–H groups in total. The van der Waals surface area contributed by atoms with E-state index in [1.807, 2.05) is 6.92 Å². The van der Waals surface area contributed by atoms with Crippen molar-refractivity contribution in [2.24, 2.45) is 17.8 Å². The van der Waals surface area contributed by atoms with Gasteiger partial charge in [-0.15, -0.1) is 11.6 Å². The highest BCUT2D eigenvalue weighted by Crippen LogP contribution is 2.35. The number of rotatable bonds is 1. The fraction of sp³-hybridized carbons (Fsp3) is 0.900. The first-order valence-electron chi connectivity index (χ1n) is 4.70. The summed E-state index contributed by atoms with van der Waals surface area (Å²) < 4.78 is 0. The van der Waals surface area contributed by atoms with Crippen molar-refractivity contribution in [3.05, 3.63) is 0 Å². The van der Waals surface area contributed by atoms with Gasteiger partial charge >= 0.3 is 0 Å². The second-order valence-corrected chi connectivity index (χ2v) is 4.65. The minimum Gasteiger partial charge on any atom is -0.299 e. The molecule has 1 aliphatic rings. The quantitative estimate of drug-likeness (QED) is 0.579. The van der Waals surface area contributed by atoms with E-state index in [-0.39, 0.29) is 11.3 Å². The van der Waals surface area contributed by atoms with Crippen LogP contribution in [0.1, 0.15) is 33.6 Å². The van der Waals surface area contributed by atoms with Gasteiger partial charge in [-0.25, -0.2) is 0 Å². The van der Waals surface area contributed by atoms with Crippen LogP contribution in [0.5, 0.6) is 0 Å². The molecule has 0 bridgehead atoms. The Hall–Kier alpha value is -0.0400. The Morgan fingerprint density at radius 1 is 1.50 bits per heavy atom. The van der Waals surface area contributed by atoms with Crippen LogP contribution in [0.25, 0.3) is 0 Å². The topological polar surface area (TPSA) is 17.1 Å². The zero-order chi connectivity index (χ0) is 9.30. The Bertz CT molecular complexity index is 177. The monoisotopic (exact) mass is 188 g/mol. The molecular formula is C10H17ClO. The van der Waals surface area contributed by atoms with Gasteiger partial charge in [-0.3, -0.25) is 4.79 Å². The molecule has 0 aliphatic heterocycles. The molecule has 12 heavy (non-hydrogen) atoms. The van der Waals surface area contributed by atoms with Crippen LogP contribution < -0.4 is 0 Å². The molecule has 0 aromatic rings. The Morgan fingerprint density at radius 3 is 2.58 bits per heavy atom. The summed E-state index contributed by atoms with van der Waals surface area (Å²) in [5.74, 6) is 1.53. The number of carbonyl (C=O) groups excluding carboxylic acids is 1. The minimum absolute atomic E-state index is 0.0613. The van der Waals surface area contributed by atoms with Crippen molar-refractivity contribution in [1.29, 1.82) is 0 Å². The number of ketones is 1. The van der Waals surface area contributed by atoms with Gasteiger partial charge in [0.05, 0.1) is 0 Å². The van der Waals surface area contributed by atoms with Crippen LogP contribution in [-0.4, -0.2) is 11.2 Å². The average Bonchev–Trinajstić information content (AvgIpc) is 2.00. The Kier molecular flexibility index (Phi) is 3.16. The van der Waals surface area contributed by atoms with E-state index < -0.39 is 0 Å². The van der Waals surface area contributed by atoms with Crippen LogP contribution in [0.15, 0.2) is 0 Å². The standard InChI is InChI=1S/C10H17ClO/c1-6(2)8-4-5-9(12)7(3)10(8)11/h6-8,10H,4-5H2,1-3H3/t7-,8-,10+/m1/s1. The van der Waals surface area contributed by atoms with Gasteiger partial charge in [-0.1, -0.05) is 20.8 Å². The molecule has 0 spiro atoms. The predicted octanol–water partition coefficient (Wildman–Crippen LogP) is 2.87. The predicted molar refractivity (Wildman–Crippen MR) is 51.4 cm³/mol. The average molecular weight is 189 g/mol. The summed E-state index contributed by atoms with van der Waals surface area (Å²) in [6, 6.07) is 0. The van der Waals surface area contributed by atoms with Gasteiger partial charge < -0.3 is 0 Å². The third kappa shape index (κ3) is 1.82. The molecule has 0 saturated heterocycles. The lowest BCUT2D eigenvalue weighted by Crippen LogP contribution is -2.36. The molecule has 1 rings (SSSR count). The third-order valence-corrected chi connectivity index (χ3v) is 3.68. The Labute approximate surface area is 79.5 Å². The Balaban J connectivity index is 2.65. The van der Waals surface area contributed by atoms with Gasteiger partial charge in [0.2, 0.25) is 0 Å². The fourth-order valence-electron chi connectivity index (χ4n) is 1.95. The van der Waals surface area contributed by atoms with Crippen molar-refractivity contribution in [2.75, 3.05) is 0 Å². The zero-order valence-corrected chi connectivity index (χ0v) is 8.77. The van der Waals surface area contributed by atoms with E-state index >= 15 is 0 Å². The van der Waals surface area contributed by atoms with E-state index in [4.69, 9.17) is 11.6 Å². The van der Waals surface area contributed by atoms with Crippen molar-refractivity contribution >= 4 is 17.4 Å². The Morgan fingerprint density at radius 2 is 2.08 bits per heavy atom. The van der Waals surface area contributed by atoms with E-state index in [0.29, 0.717) is 17.6 Å². The second-order valence-electron chi connectivity index (χ2n) is 4.15. The number of alkyl halides is 1. The van der Waals surface area contributed by atoms with Gasteiger partial charge in [-0.05, 0) is 18.3 Å². The van der Waals surface area contributed by atoms with Gasteiger partial charge in [-0.2, -0.15) is 0 Å². The van der Waals surface area contributed by atoms with Crippen LogP contribution in [0.4, 0.5) is 0 Å². The molecule has 0 aromatic heterocycles. The summed E-state index contributed by atoms with van der Waals surface area (Å²) >= 11 is 6.20. The van der Waals surface area contributed by atoms with Crippen molar-refractivity contribution < 1.29 is 4.79 Å². The SMILES string of the molecule is CC(C)[C@H]1CCC(=O)[C@@H](C)[C@@H]1Cl. The maximum Gasteiger partial charge on any atom is 0.137 e. The molecule has 0 aromatic carbocycles. The highest BCUT2D eigenvalue weighted by Gasteiger charge is 2.35. The lowest BCUT2D eigenvalue weighted by molar-refractivity contribution is -0.125. The smallest absolute Gasteiger partial charge is 0.137 e. The van der Waals surface area contributed by atoms with Crippen molar-refractivity contribution in [3.63, 3.8) is 0 Å². The molecule has 70 valence electrons. The lowest BCUT2D eigenvalue weighted by atomic mass is 9.76. The largest absolute Gasteiger partial charge is 0.299 e. The molecule has 1 nitrogen and oxygen atoms in total. The third-order valence-electron chi connectivity index (χ3n) is 2.97. The summed E-state index contributed by atoms with van der Waals surface area (Å²) in [5, 5.41) is 0.0613. The molecular weight excluding hydrogens is 172 g/mol. The summed E-state index contributed by atoms with van der Waals surface area (Å²) in [6.07, 6.45) is 1.71. The second kappa shape index (κ2) is 3.78. The maximum absolute atomic E-state index is 11.3. The van der Waals surface area contributed by atoms with Gasteiger partial charge in [0.1, 0.15) is 5.78 Å². The number of hydrogen-bond acceptors (Lipinski definition) is 1. The van der Waals surface area contributed by atoms with Gasteiger partial charge in [0.25, 0.3) is 0 Å². The molecule has 3 atom stereocenters. The van der Waals surface area contributed by atoms with E-state index in [9.17, 15) is 4.79 Å². The maximum atomic E-state index is 11.3. The highest BCUT2D eigenvalue weighted by molar-refractivity contribution is 6.22. The van der Waals surface area contributed by atoms with Crippen LogP contribution in [0.3, 0.4) is 0 Å². The van der Waals surface area contributed by atoms with Crippen molar-refractivity contribution in [1.82, 2.24) is 0 Å². The molecule has 2 heteroatoms. The lowest BCUT2D eigenvalue weighted by Gasteiger charge is -2.33. The first-order valence-corrected chi connectivity index (χ1v) is 5.14. The highest BCUT2D eigenvalue weighted by atomic mass is 35.5. The molecule has 1 fully saturated rings. The molecule has 0 heterocycles. The van der Waals surface area contributed by atoms with Crippen LogP contribution in [-0.2, 0) is 4.79 Å². The fourth-order valence-corrected chi connectivity index (χ4v) is 2.50. The van der Waals surface area contributed by atoms with E-state index in [1.165, 1.54) is 0 Å². The number of Topliss-reactive ketones (excluding diaryl/α,β-unsaturated/α-hetero) is 1. The number of hydrogen-bond donors (Lipinski definition) is 0. The molecule has 0 radical (unpaired) electrons. The zero-order valence-electron chi connectivity index (χ0n) is 8.01. The first kappa shape index (κ1) is 10.0.